The number of fused-ring (bicyclic) bond motifs is 1. The Morgan fingerprint density at radius 2 is 2.06 bits per heavy atom. The fourth-order valence-corrected chi connectivity index (χ4v) is 6.05. The van der Waals surface area contributed by atoms with E-state index < -0.39 is 10.0 Å². The Balaban J connectivity index is 1.42. The van der Waals surface area contributed by atoms with Crippen molar-refractivity contribution in [2.24, 2.45) is 7.05 Å². The predicted molar refractivity (Wildman–Crippen MR) is 124 cm³/mol. The third kappa shape index (κ3) is 5.03. The molecule has 1 amide bonds. The zero-order valence-corrected chi connectivity index (χ0v) is 19.9. The number of benzene rings is 1. The molecule has 0 saturated carbocycles. The van der Waals surface area contributed by atoms with E-state index in [4.69, 9.17) is 4.74 Å². The normalized spacial score (nSPS) is 16.3. The van der Waals surface area contributed by atoms with Gasteiger partial charge in [-0.2, -0.15) is 15.6 Å². The smallest absolute Gasteiger partial charge is 0.243 e. The summed E-state index contributed by atoms with van der Waals surface area (Å²) in [6, 6.07) is 7.15. The molecule has 1 aliphatic rings. The molecule has 0 bridgehead atoms. The molecule has 8 nitrogen and oxygen atoms in total. The molecule has 0 aliphatic carbocycles. The average Bonchev–Trinajstić information content (AvgIpc) is 3.40. The van der Waals surface area contributed by atoms with Crippen LogP contribution in [-0.2, 0) is 39.4 Å². The Labute approximate surface area is 192 Å². The van der Waals surface area contributed by atoms with Crippen molar-refractivity contribution in [3.05, 3.63) is 46.4 Å². The highest BCUT2D eigenvalue weighted by Gasteiger charge is 2.27. The Bertz CT molecular complexity index is 1180. The number of nitrogens with one attached hydrogen (secondary N) is 1. The third-order valence-corrected chi connectivity index (χ3v) is 8.28. The lowest BCUT2D eigenvalue weighted by molar-refractivity contribution is -0.121. The molecule has 3 heterocycles. The molecule has 1 fully saturated rings. The van der Waals surface area contributed by atoms with Crippen LogP contribution in [0.25, 0.3) is 11.0 Å². The Kier molecular flexibility index (Phi) is 6.94. The second-order valence-corrected chi connectivity index (χ2v) is 10.8. The van der Waals surface area contributed by atoms with Crippen molar-refractivity contribution < 1.29 is 17.9 Å². The maximum atomic E-state index is 12.9. The van der Waals surface area contributed by atoms with Crippen LogP contribution in [0.4, 0.5) is 0 Å². The quantitative estimate of drug-likeness (QED) is 0.539. The molecular formula is C22H28N4O4S2. The summed E-state index contributed by atoms with van der Waals surface area (Å²) in [7, 11) is -1.69. The SMILES string of the molecule is CC(Cc1ccsc1)NC(=O)CCc1nc2cc(S(=O)(=O)N3CCOCC3)ccc2n1C. The Hall–Kier alpha value is -2.27. The van der Waals surface area contributed by atoms with E-state index in [0.29, 0.717) is 44.7 Å². The number of nitrogens with zero attached hydrogens (tertiary/aromatic N) is 3. The van der Waals surface area contributed by atoms with Gasteiger partial charge in [0.25, 0.3) is 0 Å². The number of ether oxygens (including phenoxy) is 1. The number of carbonyl (C=O) groups excluding carboxylic acids is 1. The summed E-state index contributed by atoms with van der Waals surface area (Å²) in [5.41, 5.74) is 2.68. The molecule has 1 aliphatic heterocycles. The first-order valence-corrected chi connectivity index (χ1v) is 13.1. The molecule has 172 valence electrons. The number of imidazole rings is 1. The topological polar surface area (TPSA) is 93.5 Å². The number of sulfonamides is 1. The molecule has 1 N–H and O–H groups in total. The van der Waals surface area contributed by atoms with Crippen LogP contribution in [0.5, 0.6) is 0 Å². The summed E-state index contributed by atoms with van der Waals surface area (Å²) in [4.78, 5) is 17.3. The van der Waals surface area contributed by atoms with Gasteiger partial charge < -0.3 is 14.6 Å². The number of thiophene rings is 1. The van der Waals surface area contributed by atoms with Crippen LogP contribution in [0.1, 0.15) is 24.7 Å². The number of morpholine rings is 1. The van der Waals surface area contributed by atoms with E-state index in [1.54, 1.807) is 29.5 Å². The van der Waals surface area contributed by atoms with Gasteiger partial charge in [-0.05, 0) is 53.9 Å². The van der Waals surface area contributed by atoms with Gasteiger partial charge in [0.15, 0.2) is 0 Å². The van der Waals surface area contributed by atoms with Gasteiger partial charge in [-0.3, -0.25) is 4.79 Å². The zero-order chi connectivity index (χ0) is 22.7. The fourth-order valence-electron chi connectivity index (χ4n) is 3.94. The minimum absolute atomic E-state index is 0.0182. The van der Waals surface area contributed by atoms with Crippen LogP contribution in [-0.4, -0.2) is 60.5 Å². The molecule has 1 atom stereocenters. The monoisotopic (exact) mass is 476 g/mol. The van der Waals surface area contributed by atoms with Crippen molar-refractivity contribution in [1.29, 1.82) is 0 Å². The first-order chi connectivity index (χ1) is 15.3. The summed E-state index contributed by atoms with van der Waals surface area (Å²) < 4.78 is 34.5. The van der Waals surface area contributed by atoms with Crippen LogP contribution in [0.15, 0.2) is 39.9 Å². The summed E-state index contributed by atoms with van der Waals surface area (Å²) in [5.74, 6) is 0.733. The van der Waals surface area contributed by atoms with Crippen molar-refractivity contribution in [1.82, 2.24) is 19.2 Å². The highest BCUT2D eigenvalue weighted by atomic mass is 32.2. The minimum Gasteiger partial charge on any atom is -0.379 e. The van der Waals surface area contributed by atoms with E-state index in [1.165, 1.54) is 9.87 Å². The number of hydrogen-bond acceptors (Lipinski definition) is 6. The van der Waals surface area contributed by atoms with Gasteiger partial charge in [-0.25, -0.2) is 13.4 Å². The summed E-state index contributed by atoms with van der Waals surface area (Å²) in [6.45, 7) is 3.52. The number of carbonyl (C=O) groups is 1. The number of rotatable bonds is 8. The fraction of sp³-hybridized carbons (Fsp3) is 0.455. The number of amides is 1. The number of aryl methyl sites for hydroxylation is 2. The van der Waals surface area contributed by atoms with Crippen molar-refractivity contribution in [2.75, 3.05) is 26.3 Å². The first-order valence-electron chi connectivity index (χ1n) is 10.7. The van der Waals surface area contributed by atoms with Crippen molar-refractivity contribution in [2.45, 2.75) is 37.1 Å². The Morgan fingerprint density at radius 1 is 1.28 bits per heavy atom. The summed E-state index contributed by atoms with van der Waals surface area (Å²) >= 11 is 1.65. The van der Waals surface area contributed by atoms with Crippen LogP contribution in [0.3, 0.4) is 0 Å². The van der Waals surface area contributed by atoms with Crippen molar-refractivity contribution in [3.63, 3.8) is 0 Å². The molecule has 4 rings (SSSR count). The largest absolute Gasteiger partial charge is 0.379 e. The average molecular weight is 477 g/mol. The molecule has 1 unspecified atom stereocenters. The van der Waals surface area contributed by atoms with Gasteiger partial charge in [-0.1, -0.05) is 0 Å². The van der Waals surface area contributed by atoms with Crippen LogP contribution < -0.4 is 5.32 Å². The number of aromatic nitrogens is 2. The van der Waals surface area contributed by atoms with E-state index in [-0.39, 0.29) is 16.8 Å². The summed E-state index contributed by atoms with van der Waals surface area (Å²) in [6.07, 6.45) is 1.61. The molecule has 3 aromatic rings. The van der Waals surface area contributed by atoms with Crippen molar-refractivity contribution in [3.8, 4) is 0 Å². The second kappa shape index (κ2) is 9.70. The van der Waals surface area contributed by atoms with E-state index in [2.05, 4.69) is 21.7 Å². The molecule has 0 radical (unpaired) electrons. The summed E-state index contributed by atoms with van der Waals surface area (Å²) in [5, 5.41) is 7.17. The highest BCUT2D eigenvalue weighted by molar-refractivity contribution is 7.89. The van der Waals surface area contributed by atoms with E-state index in [1.807, 2.05) is 23.9 Å². The lowest BCUT2D eigenvalue weighted by Crippen LogP contribution is -2.40. The Morgan fingerprint density at radius 3 is 2.78 bits per heavy atom. The first kappa shape index (κ1) is 22.9. The van der Waals surface area contributed by atoms with Crippen LogP contribution in [0.2, 0.25) is 0 Å². The lowest BCUT2D eigenvalue weighted by Gasteiger charge is -2.26. The lowest BCUT2D eigenvalue weighted by atomic mass is 10.1. The molecular weight excluding hydrogens is 448 g/mol. The van der Waals surface area contributed by atoms with Crippen molar-refractivity contribution >= 4 is 38.3 Å². The van der Waals surface area contributed by atoms with Gasteiger partial charge in [0, 0.05) is 39.0 Å². The molecule has 32 heavy (non-hydrogen) atoms. The zero-order valence-electron chi connectivity index (χ0n) is 18.3. The van der Waals surface area contributed by atoms with E-state index in [9.17, 15) is 13.2 Å². The minimum atomic E-state index is -3.58. The van der Waals surface area contributed by atoms with Gasteiger partial charge >= 0.3 is 0 Å². The highest BCUT2D eigenvalue weighted by Crippen LogP contribution is 2.23. The molecule has 10 heteroatoms. The molecule has 1 saturated heterocycles. The predicted octanol–water partition coefficient (Wildman–Crippen LogP) is 2.34. The van der Waals surface area contributed by atoms with Gasteiger partial charge in [-0.15, -0.1) is 0 Å². The maximum Gasteiger partial charge on any atom is 0.243 e. The van der Waals surface area contributed by atoms with Crippen LogP contribution >= 0.6 is 11.3 Å². The van der Waals surface area contributed by atoms with E-state index in [0.717, 1.165) is 17.8 Å². The molecule has 1 aromatic carbocycles. The number of hydrogen-bond donors (Lipinski definition) is 1. The van der Waals surface area contributed by atoms with Gasteiger partial charge in [0.1, 0.15) is 5.82 Å². The maximum absolute atomic E-state index is 12.9. The standard InChI is InChI=1S/C22H28N4O4S2/c1-16(13-17-7-12-31-15-17)23-22(27)6-5-21-24-19-14-18(3-4-20(19)25(21)2)32(28,29)26-8-10-30-11-9-26/h3-4,7,12,14-16H,5-6,8-11,13H2,1-2H3,(H,23,27). The van der Waals surface area contributed by atoms with Gasteiger partial charge in [0.2, 0.25) is 15.9 Å². The van der Waals surface area contributed by atoms with Crippen LogP contribution in [0, 0.1) is 0 Å². The second-order valence-electron chi connectivity index (χ2n) is 8.06. The van der Waals surface area contributed by atoms with E-state index >= 15 is 0 Å². The molecule has 2 aromatic heterocycles. The van der Waals surface area contributed by atoms with Gasteiger partial charge in [0.05, 0.1) is 29.1 Å². The molecule has 0 spiro atoms. The third-order valence-electron chi connectivity index (χ3n) is 5.66.